The Morgan fingerprint density at radius 1 is 1.64 bits per heavy atom. The number of aromatic nitrogens is 1. The largest absolute Gasteiger partial charge is 0.505 e. The van der Waals surface area contributed by atoms with Gasteiger partial charge < -0.3 is 10.8 Å². The summed E-state index contributed by atoms with van der Waals surface area (Å²) < 4.78 is 0.882. The molecule has 4 nitrogen and oxygen atoms in total. The molecule has 2 aromatic heterocycles. The van der Waals surface area contributed by atoms with Crippen LogP contribution in [-0.2, 0) is 0 Å². The molecule has 0 aliphatic heterocycles. The van der Waals surface area contributed by atoms with Crippen LogP contribution in [-0.4, -0.2) is 16.0 Å². The highest BCUT2D eigenvalue weighted by molar-refractivity contribution is 7.17. The molecule has 0 aromatic carbocycles. The molecule has 0 aliphatic rings. The molecule has 3 N–H and O–H groups in total. The van der Waals surface area contributed by atoms with E-state index in [0.717, 1.165) is 4.70 Å². The summed E-state index contributed by atoms with van der Waals surface area (Å²) in [5.41, 5.74) is 5.73. The van der Waals surface area contributed by atoms with Gasteiger partial charge in [-0.3, -0.25) is 4.79 Å². The van der Waals surface area contributed by atoms with E-state index in [0.29, 0.717) is 11.1 Å². The van der Waals surface area contributed by atoms with Crippen molar-refractivity contribution in [2.45, 2.75) is 6.92 Å². The second-order valence-corrected chi connectivity index (χ2v) is 3.84. The topological polar surface area (TPSA) is 76.2 Å². The number of thiophene rings is 1. The minimum atomic E-state index is -0.710. The number of pyridine rings is 1. The van der Waals surface area contributed by atoms with Crippen molar-refractivity contribution < 1.29 is 9.90 Å². The van der Waals surface area contributed by atoms with Crippen LogP contribution < -0.4 is 5.73 Å². The van der Waals surface area contributed by atoms with E-state index in [9.17, 15) is 9.90 Å². The lowest BCUT2D eigenvalue weighted by molar-refractivity contribution is 0.0993. The third-order valence-corrected chi connectivity index (χ3v) is 3.01. The van der Waals surface area contributed by atoms with Crippen LogP contribution in [0.25, 0.3) is 10.1 Å². The minimum absolute atomic E-state index is 0.0617. The molecule has 0 radical (unpaired) electrons. The first kappa shape index (κ1) is 8.96. The Labute approximate surface area is 84.0 Å². The van der Waals surface area contributed by atoms with E-state index < -0.39 is 5.91 Å². The Bertz CT molecular complexity index is 519. The molecule has 2 heterocycles. The standard InChI is InChI=1S/C9H8N2O2S/c1-4-8-5(2-3-14-8)7(12)6(11-4)9(10)13/h2-3,12H,1H3,(H2,10,13). The molecule has 0 bridgehead atoms. The predicted octanol–water partition coefficient (Wildman–Crippen LogP) is 1.41. The van der Waals surface area contributed by atoms with E-state index in [1.54, 1.807) is 13.0 Å². The normalized spacial score (nSPS) is 10.6. The van der Waals surface area contributed by atoms with Crippen LogP contribution in [0.5, 0.6) is 5.75 Å². The number of carbonyl (C=O) groups is 1. The average Bonchev–Trinajstić information content (AvgIpc) is 2.59. The van der Waals surface area contributed by atoms with Crippen LogP contribution in [0.2, 0.25) is 0 Å². The van der Waals surface area contributed by atoms with Gasteiger partial charge in [0, 0.05) is 5.39 Å². The maximum absolute atomic E-state index is 10.9. The van der Waals surface area contributed by atoms with Gasteiger partial charge in [-0.05, 0) is 18.4 Å². The second-order valence-electron chi connectivity index (χ2n) is 2.92. The summed E-state index contributed by atoms with van der Waals surface area (Å²) in [6.45, 7) is 1.78. The van der Waals surface area contributed by atoms with Gasteiger partial charge in [0.25, 0.3) is 5.91 Å². The third kappa shape index (κ3) is 1.13. The molecule has 0 atom stereocenters. The quantitative estimate of drug-likeness (QED) is 0.743. The summed E-state index contributed by atoms with van der Waals surface area (Å²) in [5.74, 6) is -0.835. The number of nitrogens with zero attached hydrogens (tertiary/aromatic N) is 1. The van der Waals surface area contributed by atoms with Gasteiger partial charge in [-0.1, -0.05) is 0 Å². The third-order valence-electron chi connectivity index (χ3n) is 1.99. The first-order valence-corrected chi connectivity index (χ1v) is 4.86. The van der Waals surface area contributed by atoms with Gasteiger partial charge in [-0.15, -0.1) is 11.3 Å². The number of carbonyl (C=O) groups excluding carboxylic acids is 1. The molecule has 0 aliphatic carbocycles. The number of rotatable bonds is 1. The minimum Gasteiger partial charge on any atom is -0.505 e. The number of amides is 1. The molecule has 2 rings (SSSR count). The number of hydrogen-bond donors (Lipinski definition) is 2. The van der Waals surface area contributed by atoms with E-state index in [-0.39, 0.29) is 11.4 Å². The van der Waals surface area contributed by atoms with E-state index >= 15 is 0 Å². The average molecular weight is 208 g/mol. The van der Waals surface area contributed by atoms with Gasteiger partial charge in [0.05, 0.1) is 10.4 Å². The van der Waals surface area contributed by atoms with Gasteiger partial charge in [0.2, 0.25) is 0 Å². The number of hydrogen-bond acceptors (Lipinski definition) is 4. The van der Waals surface area contributed by atoms with Crippen molar-refractivity contribution in [1.29, 1.82) is 0 Å². The van der Waals surface area contributed by atoms with Crippen LogP contribution in [0.3, 0.4) is 0 Å². The zero-order chi connectivity index (χ0) is 10.3. The Morgan fingerprint density at radius 3 is 3.00 bits per heavy atom. The van der Waals surface area contributed by atoms with E-state index in [4.69, 9.17) is 5.73 Å². The molecule has 0 saturated heterocycles. The van der Waals surface area contributed by atoms with Gasteiger partial charge >= 0.3 is 0 Å². The molecular weight excluding hydrogens is 200 g/mol. The molecule has 72 valence electrons. The summed E-state index contributed by atoms with van der Waals surface area (Å²) in [5, 5.41) is 12.1. The fourth-order valence-corrected chi connectivity index (χ4v) is 2.19. The predicted molar refractivity (Wildman–Crippen MR) is 54.5 cm³/mol. The van der Waals surface area contributed by atoms with Crippen LogP contribution >= 0.6 is 11.3 Å². The van der Waals surface area contributed by atoms with E-state index in [2.05, 4.69) is 4.98 Å². The lowest BCUT2D eigenvalue weighted by Gasteiger charge is -2.03. The van der Waals surface area contributed by atoms with Crippen molar-refractivity contribution in [1.82, 2.24) is 4.98 Å². The Balaban J connectivity index is 2.88. The van der Waals surface area contributed by atoms with Crippen molar-refractivity contribution in [2.24, 2.45) is 5.73 Å². The molecule has 0 unspecified atom stereocenters. The molecule has 1 amide bonds. The van der Waals surface area contributed by atoms with Crippen molar-refractivity contribution in [3.05, 3.63) is 22.8 Å². The van der Waals surface area contributed by atoms with Crippen LogP contribution in [0.15, 0.2) is 11.4 Å². The zero-order valence-electron chi connectivity index (χ0n) is 7.44. The molecule has 2 aromatic rings. The number of aryl methyl sites for hydroxylation is 1. The van der Waals surface area contributed by atoms with Gasteiger partial charge in [0.15, 0.2) is 11.4 Å². The number of aromatic hydroxyl groups is 1. The van der Waals surface area contributed by atoms with Crippen LogP contribution in [0, 0.1) is 6.92 Å². The molecule has 0 saturated carbocycles. The molecular formula is C9H8N2O2S. The highest BCUT2D eigenvalue weighted by atomic mass is 32.1. The van der Waals surface area contributed by atoms with Crippen LogP contribution in [0.4, 0.5) is 0 Å². The fraction of sp³-hybridized carbons (Fsp3) is 0.111. The summed E-state index contributed by atoms with van der Waals surface area (Å²) in [6, 6.07) is 1.75. The maximum Gasteiger partial charge on any atom is 0.271 e. The van der Waals surface area contributed by atoms with Crippen molar-refractivity contribution in [2.75, 3.05) is 0 Å². The second kappa shape index (κ2) is 2.95. The lowest BCUT2D eigenvalue weighted by atomic mass is 10.2. The Kier molecular flexibility index (Phi) is 1.89. The number of primary amides is 1. The molecule has 5 heteroatoms. The number of nitrogens with two attached hydrogens (primary N) is 1. The van der Waals surface area contributed by atoms with E-state index in [1.807, 2.05) is 5.38 Å². The van der Waals surface area contributed by atoms with Crippen molar-refractivity contribution in [3.8, 4) is 5.75 Å². The molecule has 0 fully saturated rings. The SMILES string of the molecule is Cc1nc(C(N)=O)c(O)c2ccsc12. The summed E-state index contributed by atoms with van der Waals surface area (Å²) in [7, 11) is 0. The van der Waals surface area contributed by atoms with Crippen molar-refractivity contribution in [3.63, 3.8) is 0 Å². The lowest BCUT2D eigenvalue weighted by Crippen LogP contribution is -2.13. The zero-order valence-corrected chi connectivity index (χ0v) is 8.26. The molecule has 14 heavy (non-hydrogen) atoms. The van der Waals surface area contributed by atoms with Crippen molar-refractivity contribution >= 4 is 27.3 Å². The Hall–Kier alpha value is -1.62. The summed E-state index contributed by atoms with van der Waals surface area (Å²) in [4.78, 5) is 14.9. The smallest absolute Gasteiger partial charge is 0.271 e. The van der Waals surface area contributed by atoms with Gasteiger partial charge in [-0.25, -0.2) is 4.98 Å². The highest BCUT2D eigenvalue weighted by Crippen LogP contribution is 2.32. The van der Waals surface area contributed by atoms with Gasteiger partial charge in [0.1, 0.15) is 0 Å². The first-order chi connectivity index (χ1) is 6.61. The summed E-state index contributed by atoms with van der Waals surface area (Å²) in [6.07, 6.45) is 0. The Morgan fingerprint density at radius 2 is 2.36 bits per heavy atom. The van der Waals surface area contributed by atoms with E-state index in [1.165, 1.54) is 11.3 Å². The first-order valence-electron chi connectivity index (χ1n) is 3.98. The highest BCUT2D eigenvalue weighted by Gasteiger charge is 2.15. The van der Waals surface area contributed by atoms with Crippen LogP contribution in [0.1, 0.15) is 16.2 Å². The maximum atomic E-state index is 10.9. The number of fused-ring (bicyclic) bond motifs is 1. The fourth-order valence-electron chi connectivity index (χ4n) is 1.35. The molecule has 0 spiro atoms. The van der Waals surface area contributed by atoms with Gasteiger partial charge in [-0.2, -0.15) is 0 Å². The summed E-state index contributed by atoms with van der Waals surface area (Å²) >= 11 is 1.47. The monoisotopic (exact) mass is 208 g/mol.